The van der Waals surface area contributed by atoms with E-state index in [0.717, 1.165) is 29.8 Å². The summed E-state index contributed by atoms with van der Waals surface area (Å²) in [6.07, 6.45) is 3.61. The summed E-state index contributed by atoms with van der Waals surface area (Å²) in [4.78, 5) is 0. The molecule has 0 bridgehead atoms. The van der Waals surface area contributed by atoms with Gasteiger partial charge in [-0.25, -0.2) is 4.52 Å². The maximum Gasteiger partial charge on any atom is 0.152 e. The fraction of sp³-hybridized carbons (Fsp3) is 0.650. The fourth-order valence-corrected chi connectivity index (χ4v) is 3.96. The molecule has 0 aliphatic heterocycles. The van der Waals surface area contributed by atoms with Crippen molar-refractivity contribution >= 4 is 11.3 Å². The Balaban J connectivity index is 1.78. The zero-order valence-electron chi connectivity index (χ0n) is 16.2. The maximum absolute atomic E-state index is 4.89. The number of fused-ring (bicyclic) bond motifs is 3. The highest BCUT2D eigenvalue weighted by Crippen LogP contribution is 2.27. The van der Waals surface area contributed by atoms with Crippen LogP contribution in [-0.2, 0) is 12.8 Å². The summed E-state index contributed by atoms with van der Waals surface area (Å²) in [6, 6.07) is 5.77. The zero-order valence-corrected chi connectivity index (χ0v) is 16.2. The molecule has 2 heterocycles. The highest BCUT2D eigenvalue weighted by atomic mass is 15.4. The summed E-state index contributed by atoms with van der Waals surface area (Å²) < 4.78 is 3.26. The molecular formula is C20H33N4+. The Hall–Kier alpha value is -1.55. The van der Waals surface area contributed by atoms with Gasteiger partial charge in [0, 0.05) is 11.3 Å². The Morgan fingerprint density at radius 3 is 2.54 bits per heavy atom. The molecule has 132 valence electrons. The molecule has 0 amide bonds. The average molecular weight is 330 g/mol. The number of aryl methyl sites for hydroxylation is 3. The van der Waals surface area contributed by atoms with E-state index in [1.165, 1.54) is 35.2 Å². The van der Waals surface area contributed by atoms with Gasteiger partial charge < -0.3 is 9.80 Å². The van der Waals surface area contributed by atoms with Crippen molar-refractivity contribution in [2.45, 2.75) is 66.0 Å². The third-order valence-corrected chi connectivity index (χ3v) is 6.34. The van der Waals surface area contributed by atoms with Crippen LogP contribution in [0.3, 0.4) is 0 Å². The normalized spacial score (nSPS) is 14.8. The van der Waals surface area contributed by atoms with E-state index in [2.05, 4.69) is 63.6 Å². The van der Waals surface area contributed by atoms with Crippen LogP contribution in [-0.4, -0.2) is 46.3 Å². The van der Waals surface area contributed by atoms with E-state index < -0.39 is 0 Å². The van der Waals surface area contributed by atoms with Gasteiger partial charge in [-0.15, -0.1) is 5.10 Å². The maximum atomic E-state index is 4.89. The van der Waals surface area contributed by atoms with Gasteiger partial charge in [-0.2, -0.15) is 0 Å². The van der Waals surface area contributed by atoms with Crippen LogP contribution in [0.15, 0.2) is 12.1 Å². The second-order valence-electron chi connectivity index (χ2n) is 8.11. The number of likely N-dealkylation sites (N-methyl/N-ethyl adjacent to an activating group) is 1. The van der Waals surface area contributed by atoms with E-state index in [9.17, 15) is 0 Å². The van der Waals surface area contributed by atoms with Gasteiger partial charge in [-0.1, -0.05) is 6.07 Å². The number of nitrogens with zero attached hydrogens (tertiary/aromatic N) is 3. The van der Waals surface area contributed by atoms with Crippen molar-refractivity contribution in [3.63, 3.8) is 0 Å². The van der Waals surface area contributed by atoms with Crippen LogP contribution in [0, 0.1) is 6.92 Å². The van der Waals surface area contributed by atoms with E-state index in [4.69, 9.17) is 5.10 Å². The molecule has 0 aromatic carbocycles. The van der Waals surface area contributed by atoms with Crippen LogP contribution in [0.1, 0.15) is 50.9 Å². The van der Waals surface area contributed by atoms with Crippen molar-refractivity contribution in [3.8, 4) is 0 Å². The molecule has 0 spiro atoms. The number of hydrogen-bond acceptors (Lipinski definition) is 2. The Bertz CT molecular complexity index is 719. The molecule has 0 fully saturated rings. The summed E-state index contributed by atoms with van der Waals surface area (Å²) >= 11 is 0. The molecule has 1 N–H and O–H groups in total. The van der Waals surface area contributed by atoms with Crippen LogP contribution in [0.4, 0.5) is 5.82 Å². The Kier molecular flexibility index (Phi) is 4.60. The first-order valence-corrected chi connectivity index (χ1v) is 9.43. The quantitative estimate of drug-likeness (QED) is 0.817. The van der Waals surface area contributed by atoms with Crippen molar-refractivity contribution in [2.24, 2.45) is 0 Å². The first-order chi connectivity index (χ1) is 11.3. The van der Waals surface area contributed by atoms with Gasteiger partial charge in [-0.3, -0.25) is 0 Å². The number of aromatic nitrogens is 2. The second kappa shape index (κ2) is 6.40. The van der Waals surface area contributed by atoms with E-state index in [1.807, 2.05) is 0 Å². The number of quaternary nitrogens is 1. The van der Waals surface area contributed by atoms with Gasteiger partial charge in [0.15, 0.2) is 5.82 Å². The molecule has 2 aromatic rings. The third kappa shape index (κ3) is 2.81. The van der Waals surface area contributed by atoms with E-state index in [0.29, 0.717) is 12.1 Å². The number of pyridine rings is 1. The summed E-state index contributed by atoms with van der Waals surface area (Å²) in [6.45, 7) is 13.5. The van der Waals surface area contributed by atoms with E-state index in [1.54, 1.807) is 0 Å². The molecular weight excluding hydrogens is 296 g/mol. The zero-order chi connectivity index (χ0) is 17.5. The smallest absolute Gasteiger partial charge is 0.152 e. The van der Waals surface area contributed by atoms with Gasteiger partial charge in [0.25, 0.3) is 0 Å². The molecule has 1 aliphatic carbocycles. The second-order valence-corrected chi connectivity index (χ2v) is 8.11. The van der Waals surface area contributed by atoms with Gasteiger partial charge in [0.05, 0.1) is 37.7 Å². The Morgan fingerprint density at radius 2 is 1.88 bits per heavy atom. The third-order valence-electron chi connectivity index (χ3n) is 6.34. The molecule has 4 heteroatoms. The Morgan fingerprint density at radius 1 is 1.17 bits per heavy atom. The van der Waals surface area contributed by atoms with Crippen molar-refractivity contribution in [1.29, 1.82) is 0 Å². The van der Waals surface area contributed by atoms with Crippen molar-refractivity contribution in [1.82, 2.24) is 9.61 Å². The SMILES string of the molecule is Cc1c(NCC[N+](C)(C(C)C)C(C)C)nn2c3c(ccc12)CCC3. The molecule has 2 aromatic heterocycles. The van der Waals surface area contributed by atoms with Gasteiger partial charge >= 0.3 is 0 Å². The van der Waals surface area contributed by atoms with Crippen LogP contribution < -0.4 is 5.32 Å². The number of anilines is 1. The molecule has 0 radical (unpaired) electrons. The summed E-state index contributed by atoms with van der Waals surface area (Å²) in [5, 5.41) is 8.50. The first-order valence-electron chi connectivity index (χ1n) is 9.43. The van der Waals surface area contributed by atoms with Crippen LogP contribution in [0.2, 0.25) is 0 Å². The molecule has 4 nitrogen and oxygen atoms in total. The van der Waals surface area contributed by atoms with E-state index >= 15 is 0 Å². The molecule has 0 saturated carbocycles. The molecule has 0 atom stereocenters. The van der Waals surface area contributed by atoms with Crippen LogP contribution in [0.25, 0.3) is 5.52 Å². The topological polar surface area (TPSA) is 29.3 Å². The minimum absolute atomic E-state index is 0.622. The Labute approximate surface area is 146 Å². The lowest BCUT2D eigenvalue weighted by Crippen LogP contribution is -2.56. The van der Waals surface area contributed by atoms with Crippen molar-refractivity contribution < 1.29 is 4.48 Å². The molecule has 0 saturated heterocycles. The van der Waals surface area contributed by atoms with Crippen LogP contribution >= 0.6 is 0 Å². The number of hydrogen-bond donors (Lipinski definition) is 1. The summed E-state index contributed by atoms with van der Waals surface area (Å²) in [5.41, 5.74) is 5.41. The van der Waals surface area contributed by atoms with Crippen molar-refractivity contribution in [3.05, 3.63) is 29.0 Å². The lowest BCUT2D eigenvalue weighted by Gasteiger charge is -2.42. The first kappa shape index (κ1) is 17.3. The summed E-state index contributed by atoms with van der Waals surface area (Å²) in [5.74, 6) is 1.05. The molecule has 0 unspecified atom stereocenters. The standard InChI is InChI=1S/C20H33N4/c1-14(2)24(6,15(3)4)13-12-21-20-16(5)18-11-10-17-8-7-9-19(17)23(18)22-20/h10-11,14-15H,7-9,12-13H2,1-6H3,(H,21,22)/q+1. The molecule has 3 rings (SSSR count). The molecule has 1 aliphatic rings. The number of rotatable bonds is 6. The van der Waals surface area contributed by atoms with E-state index in [-0.39, 0.29) is 0 Å². The highest BCUT2D eigenvalue weighted by Gasteiger charge is 2.29. The minimum Gasteiger partial charge on any atom is -0.363 e. The van der Waals surface area contributed by atoms with Crippen LogP contribution in [0.5, 0.6) is 0 Å². The lowest BCUT2D eigenvalue weighted by molar-refractivity contribution is -0.947. The fourth-order valence-electron chi connectivity index (χ4n) is 3.96. The molecule has 24 heavy (non-hydrogen) atoms. The van der Waals surface area contributed by atoms with Gasteiger partial charge in [0.1, 0.15) is 0 Å². The highest BCUT2D eigenvalue weighted by molar-refractivity contribution is 5.66. The lowest BCUT2D eigenvalue weighted by atomic mass is 10.1. The predicted octanol–water partition coefficient (Wildman–Crippen LogP) is 3.81. The predicted molar refractivity (Wildman–Crippen MR) is 102 cm³/mol. The monoisotopic (exact) mass is 329 g/mol. The largest absolute Gasteiger partial charge is 0.363 e. The van der Waals surface area contributed by atoms with Crippen molar-refractivity contribution in [2.75, 3.05) is 25.5 Å². The average Bonchev–Trinajstić information content (AvgIpc) is 3.12. The van der Waals surface area contributed by atoms with Gasteiger partial charge in [0.2, 0.25) is 0 Å². The number of nitrogens with one attached hydrogen (secondary N) is 1. The summed E-state index contributed by atoms with van der Waals surface area (Å²) in [7, 11) is 2.36. The minimum atomic E-state index is 0.622. The van der Waals surface area contributed by atoms with Gasteiger partial charge in [-0.05, 0) is 65.5 Å².